The van der Waals surface area contributed by atoms with Crippen LogP contribution < -0.4 is 5.32 Å². The summed E-state index contributed by atoms with van der Waals surface area (Å²) >= 11 is 0. The number of aryl methyl sites for hydroxylation is 2. The van der Waals surface area contributed by atoms with Crippen LogP contribution in [0.2, 0.25) is 0 Å². The van der Waals surface area contributed by atoms with Crippen LogP contribution in [0.3, 0.4) is 0 Å². The van der Waals surface area contributed by atoms with Crippen LogP contribution >= 0.6 is 0 Å². The number of nitrogens with zero attached hydrogens (tertiary/aromatic N) is 1. The fourth-order valence-corrected chi connectivity index (χ4v) is 2.14. The van der Waals surface area contributed by atoms with E-state index in [-0.39, 0.29) is 5.56 Å². The number of anilines is 1. The average molecular weight is 284 g/mol. The fourth-order valence-electron chi connectivity index (χ4n) is 2.14. The van der Waals surface area contributed by atoms with E-state index in [0.29, 0.717) is 5.82 Å². The summed E-state index contributed by atoms with van der Waals surface area (Å²) in [6, 6.07) is 13.5. The second-order valence-corrected chi connectivity index (χ2v) is 4.91. The van der Waals surface area contributed by atoms with E-state index >= 15 is 0 Å². The van der Waals surface area contributed by atoms with Crippen LogP contribution in [0, 0.1) is 0 Å². The van der Waals surface area contributed by atoms with E-state index in [4.69, 9.17) is 5.11 Å². The molecule has 2 N–H and O–H groups in total. The Balaban J connectivity index is 1.90. The predicted octanol–water partition coefficient (Wildman–Crippen LogP) is 3.39. The van der Waals surface area contributed by atoms with Crippen LogP contribution in [0.5, 0.6) is 0 Å². The molecule has 110 valence electrons. The van der Waals surface area contributed by atoms with Gasteiger partial charge >= 0.3 is 5.97 Å². The summed E-state index contributed by atoms with van der Waals surface area (Å²) in [6.45, 7) is 2.74. The molecule has 1 heterocycles. The molecular weight excluding hydrogens is 264 g/mol. The smallest absolute Gasteiger partial charge is 0.335 e. The molecule has 0 bridgehead atoms. The molecular formula is C17H20N2O2. The lowest BCUT2D eigenvalue weighted by molar-refractivity contribution is 0.0696. The first-order chi connectivity index (χ1) is 10.2. The highest BCUT2D eigenvalue weighted by Gasteiger charge is 2.07. The summed E-state index contributed by atoms with van der Waals surface area (Å²) < 4.78 is 0. The minimum atomic E-state index is -0.917. The molecule has 21 heavy (non-hydrogen) atoms. The topological polar surface area (TPSA) is 62.2 Å². The molecule has 0 saturated carbocycles. The van der Waals surface area contributed by atoms with E-state index < -0.39 is 5.97 Å². The molecule has 2 rings (SSSR count). The Morgan fingerprint density at radius 1 is 1.24 bits per heavy atom. The lowest BCUT2D eigenvalue weighted by Gasteiger charge is -2.08. The molecule has 1 aromatic carbocycles. The van der Waals surface area contributed by atoms with Crippen molar-refractivity contribution < 1.29 is 9.90 Å². The molecule has 0 spiro atoms. The fraction of sp³-hybridized carbons (Fsp3) is 0.294. The largest absolute Gasteiger partial charge is 0.478 e. The third kappa shape index (κ3) is 4.60. The Bertz CT molecular complexity index is 597. The van der Waals surface area contributed by atoms with E-state index in [0.717, 1.165) is 31.5 Å². The minimum Gasteiger partial charge on any atom is -0.478 e. The molecule has 2 aromatic rings. The molecule has 4 nitrogen and oxygen atoms in total. The summed E-state index contributed by atoms with van der Waals surface area (Å²) in [6.07, 6.45) is 2.69. The quantitative estimate of drug-likeness (QED) is 0.765. The first-order valence-electron chi connectivity index (χ1n) is 7.21. The van der Waals surface area contributed by atoms with Crippen molar-refractivity contribution in [3.05, 3.63) is 59.3 Å². The van der Waals surface area contributed by atoms with Gasteiger partial charge in [0.25, 0.3) is 0 Å². The zero-order chi connectivity index (χ0) is 15.1. The number of rotatable bonds is 7. The average Bonchev–Trinajstić information content (AvgIpc) is 2.52. The van der Waals surface area contributed by atoms with E-state index in [1.165, 1.54) is 5.56 Å². The van der Waals surface area contributed by atoms with Gasteiger partial charge in [-0.1, -0.05) is 37.3 Å². The number of aromatic nitrogens is 1. The Morgan fingerprint density at radius 2 is 2.00 bits per heavy atom. The maximum atomic E-state index is 11.1. The number of hydrogen-bond donors (Lipinski definition) is 2. The molecule has 0 radical (unpaired) electrons. The van der Waals surface area contributed by atoms with Gasteiger partial charge < -0.3 is 10.4 Å². The maximum Gasteiger partial charge on any atom is 0.335 e. The molecule has 0 unspecified atom stereocenters. The van der Waals surface area contributed by atoms with E-state index in [2.05, 4.69) is 22.4 Å². The summed E-state index contributed by atoms with van der Waals surface area (Å²) in [5.74, 6) is -0.278. The highest BCUT2D eigenvalue weighted by atomic mass is 16.4. The number of aromatic carboxylic acids is 1. The molecule has 0 fully saturated rings. The van der Waals surface area contributed by atoms with Crippen LogP contribution in [-0.4, -0.2) is 22.6 Å². The van der Waals surface area contributed by atoms with Crippen LogP contribution in [0.1, 0.15) is 35.0 Å². The van der Waals surface area contributed by atoms with Gasteiger partial charge in [-0.15, -0.1) is 0 Å². The zero-order valence-electron chi connectivity index (χ0n) is 12.2. The summed E-state index contributed by atoms with van der Waals surface area (Å²) in [4.78, 5) is 15.5. The number of pyridine rings is 1. The van der Waals surface area contributed by atoms with Crippen LogP contribution in [0.15, 0.2) is 42.5 Å². The van der Waals surface area contributed by atoms with Gasteiger partial charge in [-0.25, -0.2) is 9.78 Å². The monoisotopic (exact) mass is 284 g/mol. The number of carboxylic acid groups (broad SMARTS) is 1. The summed E-state index contributed by atoms with van der Waals surface area (Å²) in [7, 11) is 0. The van der Waals surface area contributed by atoms with Crippen molar-refractivity contribution in [2.75, 3.05) is 11.9 Å². The lowest BCUT2D eigenvalue weighted by atomic mass is 10.1. The first-order valence-corrected chi connectivity index (χ1v) is 7.21. The predicted molar refractivity (Wildman–Crippen MR) is 83.8 cm³/mol. The van der Waals surface area contributed by atoms with Gasteiger partial charge in [-0.3, -0.25) is 0 Å². The maximum absolute atomic E-state index is 11.1. The van der Waals surface area contributed by atoms with Gasteiger partial charge in [0.05, 0.1) is 5.56 Å². The third-order valence-corrected chi connectivity index (χ3v) is 3.28. The third-order valence-electron chi connectivity index (χ3n) is 3.28. The molecule has 0 aliphatic carbocycles. The molecule has 4 heteroatoms. The molecule has 0 amide bonds. The van der Waals surface area contributed by atoms with Gasteiger partial charge in [0.1, 0.15) is 5.82 Å². The Kier molecular flexibility index (Phi) is 5.32. The van der Waals surface area contributed by atoms with E-state index in [1.807, 2.05) is 25.1 Å². The minimum absolute atomic E-state index is 0.285. The Morgan fingerprint density at radius 3 is 2.67 bits per heavy atom. The van der Waals surface area contributed by atoms with E-state index in [9.17, 15) is 4.79 Å². The normalized spacial score (nSPS) is 10.3. The zero-order valence-corrected chi connectivity index (χ0v) is 12.2. The molecule has 0 saturated heterocycles. The highest BCUT2D eigenvalue weighted by molar-refractivity contribution is 5.88. The first kappa shape index (κ1) is 15.0. The number of nitrogens with one attached hydrogen (secondary N) is 1. The van der Waals surface area contributed by atoms with Crippen molar-refractivity contribution in [1.29, 1.82) is 0 Å². The van der Waals surface area contributed by atoms with Gasteiger partial charge in [0.15, 0.2) is 0 Å². The van der Waals surface area contributed by atoms with Gasteiger partial charge in [-0.05, 0) is 37.0 Å². The van der Waals surface area contributed by atoms with Crippen LogP contribution in [0.25, 0.3) is 0 Å². The lowest BCUT2D eigenvalue weighted by Crippen LogP contribution is -2.08. The Hall–Kier alpha value is -2.36. The number of benzene rings is 1. The second kappa shape index (κ2) is 7.43. The molecule has 0 atom stereocenters. The standard InChI is InChI=1S/C17H20N2O2/c1-2-15-11-14(17(20)21)12-16(19-15)18-10-6-9-13-7-4-3-5-8-13/h3-5,7-8,11-12H,2,6,9-10H2,1H3,(H,18,19)(H,20,21). The molecule has 1 aromatic heterocycles. The van der Waals surface area contributed by atoms with Crippen LogP contribution in [0.4, 0.5) is 5.82 Å². The number of carboxylic acids is 1. The summed E-state index contributed by atoms with van der Waals surface area (Å²) in [5, 5.41) is 12.3. The second-order valence-electron chi connectivity index (χ2n) is 4.91. The van der Waals surface area contributed by atoms with Crippen molar-refractivity contribution in [1.82, 2.24) is 4.98 Å². The van der Waals surface area contributed by atoms with Gasteiger partial charge in [0, 0.05) is 12.2 Å². The van der Waals surface area contributed by atoms with Crippen molar-refractivity contribution in [3.8, 4) is 0 Å². The highest BCUT2D eigenvalue weighted by Crippen LogP contribution is 2.12. The molecule has 0 aliphatic rings. The van der Waals surface area contributed by atoms with E-state index in [1.54, 1.807) is 12.1 Å². The van der Waals surface area contributed by atoms with Crippen molar-refractivity contribution in [2.24, 2.45) is 0 Å². The number of hydrogen-bond acceptors (Lipinski definition) is 3. The molecule has 0 aliphatic heterocycles. The van der Waals surface area contributed by atoms with Crippen molar-refractivity contribution in [2.45, 2.75) is 26.2 Å². The van der Waals surface area contributed by atoms with Gasteiger partial charge in [0.2, 0.25) is 0 Å². The van der Waals surface area contributed by atoms with Crippen LogP contribution in [-0.2, 0) is 12.8 Å². The SMILES string of the molecule is CCc1cc(C(=O)O)cc(NCCCc2ccccc2)n1. The number of carbonyl (C=O) groups is 1. The summed E-state index contributed by atoms with van der Waals surface area (Å²) in [5.41, 5.74) is 2.38. The van der Waals surface area contributed by atoms with Gasteiger partial charge in [-0.2, -0.15) is 0 Å². The van der Waals surface area contributed by atoms with Crippen molar-refractivity contribution >= 4 is 11.8 Å². The Labute approximate surface area is 124 Å². The van der Waals surface area contributed by atoms with Crippen molar-refractivity contribution in [3.63, 3.8) is 0 Å².